The van der Waals surface area contributed by atoms with Crippen molar-refractivity contribution >= 4 is 17.7 Å². The molecule has 28 heavy (non-hydrogen) atoms. The van der Waals surface area contributed by atoms with Gasteiger partial charge < -0.3 is 15.1 Å². The number of piperazine rings is 1. The van der Waals surface area contributed by atoms with Gasteiger partial charge in [-0.2, -0.15) is 0 Å². The summed E-state index contributed by atoms with van der Waals surface area (Å²) < 4.78 is 0. The van der Waals surface area contributed by atoms with Gasteiger partial charge in [0.25, 0.3) is 0 Å². The highest BCUT2D eigenvalue weighted by Gasteiger charge is 2.33. The minimum absolute atomic E-state index is 0.0537. The van der Waals surface area contributed by atoms with Crippen LogP contribution in [0.1, 0.15) is 43.2 Å². The lowest BCUT2D eigenvalue weighted by Crippen LogP contribution is -2.56. The van der Waals surface area contributed by atoms with Crippen molar-refractivity contribution in [2.24, 2.45) is 0 Å². The molecule has 1 heterocycles. The lowest BCUT2D eigenvalue weighted by atomic mass is 9.97. The number of rotatable bonds is 7. The lowest BCUT2D eigenvalue weighted by Gasteiger charge is -2.33. The van der Waals surface area contributed by atoms with Crippen molar-refractivity contribution in [3.63, 3.8) is 0 Å². The molecule has 1 aliphatic carbocycles. The first-order valence-electron chi connectivity index (χ1n) is 10.1. The second-order valence-corrected chi connectivity index (χ2v) is 7.59. The van der Waals surface area contributed by atoms with Gasteiger partial charge in [-0.15, -0.1) is 0 Å². The van der Waals surface area contributed by atoms with Gasteiger partial charge in [0.1, 0.15) is 6.54 Å². The number of carbonyl (C=O) groups is 3. The van der Waals surface area contributed by atoms with Crippen LogP contribution in [0.2, 0.25) is 0 Å². The zero-order chi connectivity index (χ0) is 19.9. The highest BCUT2D eigenvalue weighted by Crippen LogP contribution is 2.19. The fraction of sp³-hybridized carbons (Fsp3) is 0.500. The normalized spacial score (nSPS) is 17.5. The van der Waals surface area contributed by atoms with Crippen molar-refractivity contribution in [3.8, 4) is 0 Å². The summed E-state index contributed by atoms with van der Waals surface area (Å²) in [7, 11) is 0. The number of benzene rings is 1. The van der Waals surface area contributed by atoms with Gasteiger partial charge in [-0.3, -0.25) is 14.4 Å². The summed E-state index contributed by atoms with van der Waals surface area (Å²) in [5.74, 6) is -1.33. The van der Waals surface area contributed by atoms with Crippen molar-refractivity contribution in [3.05, 3.63) is 47.0 Å². The smallest absolute Gasteiger partial charge is 0.312 e. The van der Waals surface area contributed by atoms with Crippen molar-refractivity contribution in [1.29, 1.82) is 0 Å². The van der Waals surface area contributed by atoms with E-state index >= 15 is 0 Å². The molecule has 1 saturated heterocycles. The maximum Gasteiger partial charge on any atom is 0.312 e. The number of carbonyl (C=O) groups excluding carboxylic acids is 3. The van der Waals surface area contributed by atoms with Crippen LogP contribution >= 0.6 is 0 Å². The highest BCUT2D eigenvalue weighted by molar-refractivity contribution is 6.35. The molecule has 0 unspecified atom stereocenters. The first-order valence-corrected chi connectivity index (χ1v) is 10.1. The van der Waals surface area contributed by atoms with Gasteiger partial charge in [0, 0.05) is 26.2 Å². The molecule has 0 atom stereocenters. The monoisotopic (exact) mass is 383 g/mol. The van der Waals surface area contributed by atoms with Crippen LogP contribution in [0.4, 0.5) is 0 Å². The van der Waals surface area contributed by atoms with Crippen LogP contribution < -0.4 is 5.32 Å². The van der Waals surface area contributed by atoms with E-state index in [-0.39, 0.29) is 12.5 Å². The average Bonchev–Trinajstić information content (AvgIpc) is 2.70. The molecular weight excluding hydrogens is 354 g/mol. The number of hydrogen-bond donors (Lipinski definition) is 1. The molecule has 0 radical (unpaired) electrons. The van der Waals surface area contributed by atoms with Crippen LogP contribution in [0.3, 0.4) is 0 Å². The number of amides is 3. The molecule has 6 heteroatoms. The van der Waals surface area contributed by atoms with Crippen molar-refractivity contribution in [2.75, 3.05) is 26.2 Å². The third-order valence-electron chi connectivity index (χ3n) is 5.51. The summed E-state index contributed by atoms with van der Waals surface area (Å²) in [6.45, 7) is 3.77. The van der Waals surface area contributed by atoms with E-state index in [2.05, 4.69) is 11.4 Å². The molecule has 1 aromatic rings. The Morgan fingerprint density at radius 3 is 2.57 bits per heavy atom. The number of hydrogen-bond acceptors (Lipinski definition) is 3. The molecule has 1 N–H and O–H groups in total. The largest absolute Gasteiger partial charge is 0.354 e. The second-order valence-electron chi connectivity index (χ2n) is 7.59. The Morgan fingerprint density at radius 2 is 1.82 bits per heavy atom. The Kier molecular flexibility index (Phi) is 6.85. The lowest BCUT2D eigenvalue weighted by molar-refractivity contribution is -0.157. The Morgan fingerprint density at radius 1 is 1.07 bits per heavy atom. The van der Waals surface area contributed by atoms with Crippen LogP contribution in [0.25, 0.3) is 0 Å². The Labute approximate surface area is 166 Å². The van der Waals surface area contributed by atoms with E-state index in [9.17, 15) is 14.4 Å². The van der Waals surface area contributed by atoms with Gasteiger partial charge >= 0.3 is 11.8 Å². The number of allylic oxidation sites excluding steroid dienone is 1. The van der Waals surface area contributed by atoms with Gasteiger partial charge in [-0.1, -0.05) is 35.9 Å². The highest BCUT2D eigenvalue weighted by atomic mass is 16.2. The summed E-state index contributed by atoms with van der Waals surface area (Å²) in [6, 6.07) is 7.84. The molecular formula is C22H29N3O3. The van der Waals surface area contributed by atoms with E-state index in [1.165, 1.54) is 23.3 Å². The summed E-state index contributed by atoms with van der Waals surface area (Å²) in [4.78, 5) is 40.0. The maximum absolute atomic E-state index is 12.4. The SMILES string of the molecule is Cc1ccccc1CN1CCN(CC(=O)NCCC2=CCCCC2)C(=O)C1=O. The molecule has 0 bridgehead atoms. The van der Waals surface area contributed by atoms with Gasteiger partial charge in [-0.25, -0.2) is 0 Å². The van der Waals surface area contributed by atoms with Crippen LogP contribution in [-0.2, 0) is 20.9 Å². The molecule has 6 nitrogen and oxygen atoms in total. The summed E-state index contributed by atoms with van der Waals surface area (Å²) in [5, 5.41) is 2.87. The van der Waals surface area contributed by atoms with Crippen molar-refractivity contribution in [2.45, 2.75) is 45.6 Å². The first-order chi connectivity index (χ1) is 13.5. The molecule has 3 rings (SSSR count). The van der Waals surface area contributed by atoms with Gasteiger partial charge in [-0.05, 0) is 50.2 Å². The van der Waals surface area contributed by atoms with E-state index in [1.807, 2.05) is 31.2 Å². The first kappa shape index (κ1) is 20.1. The molecule has 1 fully saturated rings. The molecule has 150 valence electrons. The molecule has 0 aromatic heterocycles. The predicted octanol–water partition coefficient (Wildman–Crippen LogP) is 2.17. The number of nitrogens with one attached hydrogen (secondary N) is 1. The van der Waals surface area contributed by atoms with Crippen molar-refractivity contribution < 1.29 is 14.4 Å². The van der Waals surface area contributed by atoms with E-state index in [0.717, 1.165) is 30.4 Å². The Bertz CT molecular complexity index is 772. The minimum atomic E-state index is -0.593. The maximum atomic E-state index is 12.4. The molecule has 0 spiro atoms. The van der Waals surface area contributed by atoms with E-state index < -0.39 is 11.8 Å². The molecule has 1 aliphatic heterocycles. The zero-order valence-electron chi connectivity index (χ0n) is 16.6. The Balaban J connectivity index is 1.45. The fourth-order valence-electron chi connectivity index (χ4n) is 3.73. The zero-order valence-corrected chi connectivity index (χ0v) is 16.6. The van der Waals surface area contributed by atoms with Crippen LogP contribution in [0.5, 0.6) is 0 Å². The number of aryl methyl sites for hydroxylation is 1. The summed E-state index contributed by atoms with van der Waals surface area (Å²) >= 11 is 0. The molecule has 0 saturated carbocycles. The van der Waals surface area contributed by atoms with E-state index in [0.29, 0.717) is 26.2 Å². The van der Waals surface area contributed by atoms with Gasteiger partial charge in [0.2, 0.25) is 5.91 Å². The Hall–Kier alpha value is -2.63. The van der Waals surface area contributed by atoms with Crippen LogP contribution in [-0.4, -0.2) is 53.7 Å². The van der Waals surface area contributed by atoms with Gasteiger partial charge in [0.15, 0.2) is 0 Å². The summed E-state index contributed by atoms with van der Waals surface area (Å²) in [6.07, 6.45) is 7.86. The summed E-state index contributed by atoms with van der Waals surface area (Å²) in [5.41, 5.74) is 3.53. The predicted molar refractivity (Wildman–Crippen MR) is 107 cm³/mol. The average molecular weight is 383 g/mol. The molecule has 1 aromatic carbocycles. The van der Waals surface area contributed by atoms with E-state index in [1.54, 1.807) is 4.90 Å². The third-order valence-corrected chi connectivity index (χ3v) is 5.51. The molecule has 3 amide bonds. The third kappa shape index (κ3) is 5.21. The van der Waals surface area contributed by atoms with Crippen LogP contribution in [0, 0.1) is 6.92 Å². The standard InChI is InChI=1S/C22H29N3O3/c1-17-7-5-6-10-19(17)15-24-13-14-25(22(28)21(24)27)16-20(26)23-12-11-18-8-3-2-4-9-18/h5-8,10H,2-4,9,11-16H2,1H3,(H,23,26). The number of nitrogens with zero attached hydrogens (tertiary/aromatic N) is 2. The minimum Gasteiger partial charge on any atom is -0.354 e. The quantitative estimate of drug-likeness (QED) is 0.580. The van der Waals surface area contributed by atoms with E-state index in [4.69, 9.17) is 0 Å². The fourth-order valence-corrected chi connectivity index (χ4v) is 3.73. The topological polar surface area (TPSA) is 69.7 Å². The van der Waals surface area contributed by atoms with Crippen molar-refractivity contribution in [1.82, 2.24) is 15.1 Å². The second kappa shape index (κ2) is 9.53. The van der Waals surface area contributed by atoms with Crippen LogP contribution in [0.15, 0.2) is 35.9 Å². The molecule has 2 aliphatic rings. The van der Waals surface area contributed by atoms with Gasteiger partial charge in [0.05, 0.1) is 0 Å².